The highest BCUT2D eigenvalue weighted by Gasteiger charge is 2.47. The third kappa shape index (κ3) is 2.76. The first-order valence-corrected chi connectivity index (χ1v) is 8.90. The van der Waals surface area contributed by atoms with Crippen molar-refractivity contribution >= 4 is 29.3 Å². The highest BCUT2D eigenvalue weighted by molar-refractivity contribution is 6.25. The van der Waals surface area contributed by atoms with Crippen LogP contribution in [0.2, 0.25) is 0 Å². The molecule has 0 aromatic heterocycles. The molecular weight excluding hydrogens is 371 g/mol. The molecule has 1 unspecified atom stereocenters. The maximum atomic E-state index is 14.6. The van der Waals surface area contributed by atoms with Crippen molar-refractivity contribution in [3.63, 3.8) is 0 Å². The second-order valence-electron chi connectivity index (χ2n) is 7.45. The third-order valence-corrected chi connectivity index (χ3v) is 5.35. The molecule has 28 heavy (non-hydrogen) atoms. The monoisotopic (exact) mass is 390 g/mol. The van der Waals surface area contributed by atoms with Gasteiger partial charge in [-0.05, 0) is 18.6 Å². The van der Waals surface area contributed by atoms with E-state index in [0.29, 0.717) is 13.1 Å². The Labute approximate surface area is 159 Å². The molecule has 2 saturated heterocycles. The maximum absolute atomic E-state index is 14.6. The number of hydrogen-bond acceptors (Lipinski definition) is 7. The lowest BCUT2D eigenvalue weighted by Gasteiger charge is -2.41. The number of hydrogen-bond donors (Lipinski definition) is 3. The molecule has 9 nitrogen and oxygen atoms in total. The molecule has 3 aliphatic rings. The number of nitrogens with one attached hydrogen (secondary N) is 2. The van der Waals surface area contributed by atoms with Gasteiger partial charge in [-0.2, -0.15) is 0 Å². The Morgan fingerprint density at radius 1 is 1.25 bits per heavy atom. The van der Waals surface area contributed by atoms with Crippen molar-refractivity contribution in [3.05, 3.63) is 29.1 Å². The lowest BCUT2D eigenvalue weighted by molar-refractivity contribution is -0.136. The zero-order chi connectivity index (χ0) is 20.2. The molecule has 0 saturated carbocycles. The minimum Gasteiger partial charge on any atom is -0.385 e. The van der Waals surface area contributed by atoms with Crippen molar-refractivity contribution < 1.29 is 28.7 Å². The van der Waals surface area contributed by atoms with Crippen LogP contribution in [0.15, 0.2) is 12.1 Å². The smallest absolute Gasteiger partial charge is 0.264 e. The summed E-state index contributed by atoms with van der Waals surface area (Å²) in [6.45, 7) is 0.736. The van der Waals surface area contributed by atoms with Crippen molar-refractivity contribution in [2.24, 2.45) is 0 Å². The molecule has 0 radical (unpaired) electrons. The largest absolute Gasteiger partial charge is 0.385 e. The van der Waals surface area contributed by atoms with Crippen LogP contribution < -0.4 is 15.5 Å². The molecule has 1 atom stereocenters. The Balaban J connectivity index is 1.70. The Bertz CT molecular complexity index is 913. The fraction of sp³-hybridized carbons (Fsp3) is 0.444. The van der Waals surface area contributed by atoms with E-state index >= 15 is 0 Å². The molecular formula is C18H19FN4O5. The van der Waals surface area contributed by atoms with Crippen LogP contribution in [0.5, 0.6) is 0 Å². The van der Waals surface area contributed by atoms with Gasteiger partial charge in [0, 0.05) is 33.1 Å². The van der Waals surface area contributed by atoms with Crippen LogP contribution in [0.25, 0.3) is 0 Å². The lowest BCUT2D eigenvalue weighted by atomic mass is 9.96. The molecule has 3 N–H and O–H groups in total. The van der Waals surface area contributed by atoms with Crippen molar-refractivity contribution in [3.8, 4) is 0 Å². The molecule has 1 aromatic carbocycles. The van der Waals surface area contributed by atoms with Crippen LogP contribution in [0, 0.1) is 5.82 Å². The number of rotatable bonds is 4. The molecule has 0 spiro atoms. The minimum atomic E-state index is -1.12. The summed E-state index contributed by atoms with van der Waals surface area (Å²) in [7, 11) is 1.53. The number of nitrogens with zero attached hydrogens (tertiary/aromatic N) is 2. The van der Waals surface area contributed by atoms with E-state index in [0.717, 1.165) is 11.0 Å². The molecule has 10 heteroatoms. The third-order valence-electron chi connectivity index (χ3n) is 5.35. The van der Waals surface area contributed by atoms with Crippen molar-refractivity contribution in [2.75, 3.05) is 31.6 Å². The van der Waals surface area contributed by atoms with E-state index in [1.54, 1.807) is 0 Å². The summed E-state index contributed by atoms with van der Waals surface area (Å²) in [6.07, 6.45) is 0.0280. The quantitative estimate of drug-likeness (QED) is 0.564. The van der Waals surface area contributed by atoms with Gasteiger partial charge in [0.1, 0.15) is 17.5 Å². The summed E-state index contributed by atoms with van der Waals surface area (Å²) < 4.78 is 14.6. The molecule has 4 rings (SSSR count). The molecule has 3 aliphatic heterocycles. The number of likely N-dealkylation sites (N-methyl/N-ethyl adjacent to an activating group) is 1. The van der Waals surface area contributed by atoms with E-state index in [1.165, 1.54) is 18.0 Å². The number of halogens is 1. The number of anilines is 1. The Kier molecular flexibility index (Phi) is 4.20. The number of fused-ring (bicyclic) bond motifs is 1. The molecule has 148 valence electrons. The normalized spacial score (nSPS) is 23.4. The fourth-order valence-corrected chi connectivity index (χ4v) is 3.93. The van der Waals surface area contributed by atoms with Crippen molar-refractivity contribution in [1.82, 2.24) is 15.5 Å². The summed E-state index contributed by atoms with van der Waals surface area (Å²) in [6, 6.07) is 1.19. The van der Waals surface area contributed by atoms with Gasteiger partial charge in [0.15, 0.2) is 0 Å². The number of benzene rings is 1. The summed E-state index contributed by atoms with van der Waals surface area (Å²) >= 11 is 0. The van der Waals surface area contributed by atoms with Crippen LogP contribution >= 0.6 is 0 Å². The van der Waals surface area contributed by atoms with Gasteiger partial charge in [0.05, 0.1) is 16.8 Å². The van der Waals surface area contributed by atoms with E-state index in [1.807, 2.05) is 0 Å². The second kappa shape index (κ2) is 6.35. The van der Waals surface area contributed by atoms with Crippen LogP contribution in [-0.4, -0.2) is 72.0 Å². The zero-order valence-electron chi connectivity index (χ0n) is 15.1. The van der Waals surface area contributed by atoms with Crippen LogP contribution in [-0.2, 0) is 9.59 Å². The number of carbonyl (C=O) groups is 4. The topological polar surface area (TPSA) is 119 Å². The summed E-state index contributed by atoms with van der Waals surface area (Å²) in [5.74, 6) is -3.38. The van der Waals surface area contributed by atoms with E-state index in [9.17, 15) is 28.7 Å². The highest BCUT2D eigenvalue weighted by atomic mass is 19.1. The SMILES string of the molecule is CN(CC1(O)CNC1)c1c(F)ccc2c1C(=O)N(C1CCC(=O)NC1=O)C2=O. The summed E-state index contributed by atoms with van der Waals surface area (Å²) in [5, 5.41) is 15.4. The van der Waals surface area contributed by atoms with Gasteiger partial charge < -0.3 is 15.3 Å². The molecule has 0 bridgehead atoms. The Morgan fingerprint density at radius 3 is 2.57 bits per heavy atom. The van der Waals surface area contributed by atoms with Crippen molar-refractivity contribution in [2.45, 2.75) is 24.5 Å². The van der Waals surface area contributed by atoms with Crippen LogP contribution in [0.3, 0.4) is 0 Å². The molecule has 3 heterocycles. The first kappa shape index (κ1) is 18.5. The van der Waals surface area contributed by atoms with Gasteiger partial charge in [-0.25, -0.2) is 4.39 Å². The van der Waals surface area contributed by atoms with E-state index in [4.69, 9.17) is 0 Å². The van der Waals surface area contributed by atoms with Gasteiger partial charge in [0.25, 0.3) is 11.8 Å². The number of imide groups is 2. The van der Waals surface area contributed by atoms with Gasteiger partial charge in [-0.3, -0.25) is 29.4 Å². The number of piperidine rings is 1. The molecule has 4 amide bonds. The number of aliphatic hydroxyl groups is 1. The number of β-amino-alcohol motifs (C(OH)–C–C–N with tert-alkyl or cyclic N) is 1. The van der Waals surface area contributed by atoms with E-state index < -0.39 is 41.1 Å². The standard InChI is InChI=1S/C18H19FN4O5/c1-22(8-18(28)6-20-7-18)14-10(19)3-2-9-13(14)17(27)23(16(9)26)11-4-5-12(24)21-15(11)25/h2-3,11,20,28H,4-8H2,1H3,(H,21,24,25). The number of amides is 4. The average molecular weight is 390 g/mol. The Morgan fingerprint density at radius 2 is 1.96 bits per heavy atom. The summed E-state index contributed by atoms with van der Waals surface area (Å²) in [4.78, 5) is 51.6. The van der Waals surface area contributed by atoms with Gasteiger partial charge in [-0.15, -0.1) is 0 Å². The summed E-state index contributed by atoms with van der Waals surface area (Å²) in [5.41, 5.74) is -1.28. The minimum absolute atomic E-state index is 0.00308. The predicted octanol–water partition coefficient (Wildman–Crippen LogP) is -1.00. The zero-order valence-corrected chi connectivity index (χ0v) is 15.1. The molecule has 2 fully saturated rings. The van der Waals surface area contributed by atoms with Gasteiger partial charge >= 0.3 is 0 Å². The van der Waals surface area contributed by atoms with Gasteiger partial charge in [-0.1, -0.05) is 0 Å². The molecule has 0 aliphatic carbocycles. The van der Waals surface area contributed by atoms with Gasteiger partial charge in [0.2, 0.25) is 11.8 Å². The van der Waals surface area contributed by atoms with Crippen LogP contribution in [0.4, 0.5) is 10.1 Å². The van der Waals surface area contributed by atoms with Crippen LogP contribution in [0.1, 0.15) is 33.6 Å². The first-order chi connectivity index (χ1) is 13.2. The Hall–Kier alpha value is -2.85. The highest BCUT2D eigenvalue weighted by Crippen LogP contribution is 2.36. The predicted molar refractivity (Wildman–Crippen MR) is 94.2 cm³/mol. The first-order valence-electron chi connectivity index (χ1n) is 8.90. The average Bonchev–Trinajstić information content (AvgIpc) is 2.85. The van der Waals surface area contributed by atoms with E-state index in [-0.39, 0.29) is 36.2 Å². The number of carbonyl (C=O) groups excluding carboxylic acids is 4. The lowest BCUT2D eigenvalue weighted by Crippen LogP contribution is -2.64. The fourth-order valence-electron chi connectivity index (χ4n) is 3.93. The second-order valence-corrected chi connectivity index (χ2v) is 7.45. The van der Waals surface area contributed by atoms with Crippen molar-refractivity contribution in [1.29, 1.82) is 0 Å². The molecule has 1 aromatic rings. The maximum Gasteiger partial charge on any atom is 0.264 e. The van der Waals surface area contributed by atoms with E-state index in [2.05, 4.69) is 10.6 Å².